The Morgan fingerprint density at radius 3 is 2.50 bits per heavy atom. The van der Waals surface area contributed by atoms with E-state index in [1.54, 1.807) is 35.6 Å². The summed E-state index contributed by atoms with van der Waals surface area (Å²) in [6, 6.07) is 10.7. The molecule has 4 nitrogen and oxygen atoms in total. The van der Waals surface area contributed by atoms with Gasteiger partial charge < -0.3 is 15.4 Å². The van der Waals surface area contributed by atoms with Crippen LogP contribution >= 0.6 is 11.3 Å². The molecule has 0 aliphatic rings. The Hall–Kier alpha value is -2.53. The number of hydrogen-bond donors (Lipinski definition) is 2. The average molecular weight is 284 g/mol. The molecular formula is C15H12N2O2S. The molecule has 1 aromatic carbocycles. The molecule has 3 aromatic rings. The summed E-state index contributed by atoms with van der Waals surface area (Å²) in [7, 11) is 0. The topological polar surface area (TPSA) is 68.2 Å². The molecule has 0 radical (unpaired) electrons. The molecule has 3 rings (SSSR count). The summed E-state index contributed by atoms with van der Waals surface area (Å²) in [5.74, 6) is -0.928. The van der Waals surface area contributed by atoms with Crippen LogP contribution in [0.3, 0.4) is 0 Å². The maximum Gasteiger partial charge on any atom is 0.335 e. The molecule has 2 aromatic heterocycles. The minimum Gasteiger partial charge on any atom is -0.478 e. The van der Waals surface area contributed by atoms with Gasteiger partial charge in [-0.15, -0.1) is 11.3 Å². The molecule has 0 bridgehead atoms. The Labute approximate surface area is 119 Å². The summed E-state index contributed by atoms with van der Waals surface area (Å²) >= 11 is 1.63. The SMILES string of the molecule is Nc1cn(-c2ccc(C(=O)O)cc2)cc1-c1cccs1. The van der Waals surface area contributed by atoms with Crippen molar-refractivity contribution in [2.24, 2.45) is 0 Å². The highest BCUT2D eigenvalue weighted by Gasteiger charge is 2.09. The van der Waals surface area contributed by atoms with Gasteiger partial charge in [0.25, 0.3) is 0 Å². The van der Waals surface area contributed by atoms with Crippen molar-refractivity contribution in [2.75, 3.05) is 5.73 Å². The minimum absolute atomic E-state index is 0.271. The molecule has 3 N–H and O–H groups in total. The normalized spacial score (nSPS) is 10.6. The number of hydrogen-bond acceptors (Lipinski definition) is 3. The summed E-state index contributed by atoms with van der Waals surface area (Å²) in [6.45, 7) is 0. The molecule has 2 heterocycles. The highest BCUT2D eigenvalue weighted by molar-refractivity contribution is 7.13. The van der Waals surface area contributed by atoms with Crippen LogP contribution in [-0.2, 0) is 0 Å². The third-order valence-corrected chi connectivity index (χ3v) is 3.96. The fourth-order valence-corrected chi connectivity index (χ4v) is 2.79. The van der Waals surface area contributed by atoms with E-state index in [0.29, 0.717) is 5.69 Å². The summed E-state index contributed by atoms with van der Waals surface area (Å²) in [4.78, 5) is 12.0. The van der Waals surface area contributed by atoms with Gasteiger partial charge in [0.2, 0.25) is 0 Å². The number of benzene rings is 1. The van der Waals surface area contributed by atoms with Gasteiger partial charge in [-0.05, 0) is 35.7 Å². The van der Waals surface area contributed by atoms with Crippen molar-refractivity contribution in [1.82, 2.24) is 4.57 Å². The second-order valence-corrected chi connectivity index (χ2v) is 5.31. The number of nitrogens with zero attached hydrogens (tertiary/aromatic N) is 1. The number of aromatic carboxylic acids is 1. The van der Waals surface area contributed by atoms with Gasteiger partial charge in [0, 0.05) is 28.5 Å². The second-order valence-electron chi connectivity index (χ2n) is 4.36. The van der Waals surface area contributed by atoms with Crippen molar-refractivity contribution in [3.8, 4) is 16.1 Å². The summed E-state index contributed by atoms with van der Waals surface area (Å²) < 4.78 is 1.90. The number of nitrogen functional groups attached to an aromatic ring is 1. The highest BCUT2D eigenvalue weighted by atomic mass is 32.1. The predicted molar refractivity (Wildman–Crippen MR) is 80.5 cm³/mol. The number of carbonyl (C=O) groups is 1. The van der Waals surface area contributed by atoms with Crippen LogP contribution in [0.25, 0.3) is 16.1 Å². The maximum atomic E-state index is 10.8. The van der Waals surface area contributed by atoms with Crippen molar-refractivity contribution in [2.45, 2.75) is 0 Å². The van der Waals surface area contributed by atoms with Crippen molar-refractivity contribution in [3.05, 3.63) is 59.7 Å². The van der Waals surface area contributed by atoms with Crippen LogP contribution in [0.1, 0.15) is 10.4 Å². The lowest BCUT2D eigenvalue weighted by molar-refractivity contribution is 0.0697. The summed E-state index contributed by atoms with van der Waals surface area (Å²) in [5.41, 5.74) is 8.88. The van der Waals surface area contributed by atoms with Crippen LogP contribution in [0.2, 0.25) is 0 Å². The smallest absolute Gasteiger partial charge is 0.335 e. The molecule has 0 amide bonds. The molecule has 100 valence electrons. The van der Waals surface area contributed by atoms with Crippen molar-refractivity contribution in [3.63, 3.8) is 0 Å². The van der Waals surface area contributed by atoms with Gasteiger partial charge >= 0.3 is 5.97 Å². The molecule has 0 unspecified atom stereocenters. The molecule has 0 saturated carbocycles. The summed E-state index contributed by atoms with van der Waals surface area (Å²) in [6.07, 6.45) is 3.79. The fourth-order valence-electron chi connectivity index (χ4n) is 2.03. The number of nitrogens with two attached hydrogens (primary N) is 1. The Kier molecular flexibility index (Phi) is 3.04. The van der Waals surface area contributed by atoms with Gasteiger partial charge in [0.15, 0.2) is 0 Å². The molecule has 20 heavy (non-hydrogen) atoms. The van der Waals surface area contributed by atoms with Crippen LogP contribution in [0.15, 0.2) is 54.2 Å². The zero-order chi connectivity index (χ0) is 14.1. The van der Waals surface area contributed by atoms with Crippen molar-refractivity contribution < 1.29 is 9.90 Å². The van der Waals surface area contributed by atoms with Gasteiger partial charge in [0.05, 0.1) is 11.3 Å². The van der Waals surface area contributed by atoms with Gasteiger partial charge in [-0.25, -0.2) is 4.79 Å². The van der Waals surface area contributed by atoms with E-state index in [-0.39, 0.29) is 5.56 Å². The van der Waals surface area contributed by atoms with Gasteiger partial charge in [-0.1, -0.05) is 6.07 Å². The first-order chi connectivity index (χ1) is 9.65. The molecule has 0 aliphatic carbocycles. The third-order valence-electron chi connectivity index (χ3n) is 3.06. The number of anilines is 1. The van der Waals surface area contributed by atoms with Gasteiger partial charge in [-0.3, -0.25) is 0 Å². The number of aromatic nitrogens is 1. The maximum absolute atomic E-state index is 10.8. The molecule has 0 spiro atoms. The zero-order valence-electron chi connectivity index (χ0n) is 10.5. The number of carboxylic acid groups (broad SMARTS) is 1. The van der Waals surface area contributed by atoms with E-state index in [9.17, 15) is 4.79 Å². The Bertz CT molecular complexity index is 743. The van der Waals surface area contributed by atoms with E-state index in [1.165, 1.54) is 0 Å². The van der Waals surface area contributed by atoms with E-state index in [0.717, 1.165) is 16.1 Å². The Morgan fingerprint density at radius 2 is 1.90 bits per heavy atom. The van der Waals surface area contributed by atoms with Crippen LogP contribution < -0.4 is 5.73 Å². The first-order valence-electron chi connectivity index (χ1n) is 6.00. The van der Waals surface area contributed by atoms with E-state index in [2.05, 4.69) is 0 Å². The third kappa shape index (κ3) is 2.19. The van der Waals surface area contributed by atoms with Crippen molar-refractivity contribution >= 4 is 23.0 Å². The molecule has 0 saturated heterocycles. The van der Waals surface area contributed by atoms with Crippen LogP contribution in [0.5, 0.6) is 0 Å². The fraction of sp³-hybridized carbons (Fsp3) is 0. The first kappa shape index (κ1) is 12.5. The quantitative estimate of drug-likeness (QED) is 0.773. The number of rotatable bonds is 3. The monoisotopic (exact) mass is 284 g/mol. The van der Waals surface area contributed by atoms with Crippen LogP contribution in [0.4, 0.5) is 5.69 Å². The Balaban J connectivity index is 1.99. The van der Waals surface area contributed by atoms with E-state index in [1.807, 2.05) is 34.5 Å². The van der Waals surface area contributed by atoms with E-state index < -0.39 is 5.97 Å². The number of thiophene rings is 1. The standard InChI is InChI=1S/C15H12N2O2S/c16-13-9-17(8-12(13)14-2-1-7-20-14)11-5-3-10(4-6-11)15(18)19/h1-9H,16H2,(H,18,19). The number of carboxylic acids is 1. The van der Waals surface area contributed by atoms with Gasteiger partial charge in [-0.2, -0.15) is 0 Å². The Morgan fingerprint density at radius 1 is 1.15 bits per heavy atom. The lowest BCUT2D eigenvalue weighted by Crippen LogP contribution is -1.97. The predicted octanol–water partition coefficient (Wildman–Crippen LogP) is 3.49. The molecular weight excluding hydrogens is 272 g/mol. The molecule has 0 fully saturated rings. The van der Waals surface area contributed by atoms with Gasteiger partial charge in [0.1, 0.15) is 0 Å². The summed E-state index contributed by atoms with van der Waals surface area (Å²) in [5, 5.41) is 10.9. The van der Waals surface area contributed by atoms with Crippen LogP contribution in [0, 0.1) is 0 Å². The van der Waals surface area contributed by atoms with E-state index in [4.69, 9.17) is 10.8 Å². The highest BCUT2D eigenvalue weighted by Crippen LogP contribution is 2.31. The molecule has 5 heteroatoms. The largest absolute Gasteiger partial charge is 0.478 e. The minimum atomic E-state index is -0.928. The molecule has 0 atom stereocenters. The zero-order valence-corrected chi connectivity index (χ0v) is 11.3. The lowest BCUT2D eigenvalue weighted by Gasteiger charge is -2.02. The van der Waals surface area contributed by atoms with Crippen molar-refractivity contribution in [1.29, 1.82) is 0 Å². The van der Waals surface area contributed by atoms with Crippen LogP contribution in [-0.4, -0.2) is 15.6 Å². The van der Waals surface area contributed by atoms with E-state index >= 15 is 0 Å². The average Bonchev–Trinajstić information content (AvgIpc) is 3.07. The first-order valence-corrected chi connectivity index (χ1v) is 6.88. The molecule has 0 aliphatic heterocycles. The second kappa shape index (κ2) is 4.86. The lowest BCUT2D eigenvalue weighted by atomic mass is 10.2.